The molecule has 0 fully saturated rings. The Balaban J connectivity index is 2.46. The molecule has 0 radical (unpaired) electrons. The molecule has 0 saturated carbocycles. The Morgan fingerprint density at radius 2 is 2.50 bits per heavy atom. The molecule has 0 atom stereocenters. The highest BCUT2D eigenvalue weighted by Crippen LogP contribution is 2.15. The highest BCUT2D eigenvalue weighted by atomic mass is 32.1. The second-order valence-electron chi connectivity index (χ2n) is 2.98. The molecular formula is C9H15N3OS. The summed E-state index contributed by atoms with van der Waals surface area (Å²) >= 11 is 1.45. The zero-order valence-electron chi connectivity index (χ0n) is 8.25. The molecule has 5 heteroatoms. The van der Waals surface area contributed by atoms with E-state index in [-0.39, 0.29) is 5.91 Å². The van der Waals surface area contributed by atoms with Crippen molar-refractivity contribution < 1.29 is 4.79 Å². The van der Waals surface area contributed by atoms with Crippen LogP contribution in [0.2, 0.25) is 0 Å². The molecule has 4 nitrogen and oxygen atoms in total. The van der Waals surface area contributed by atoms with Crippen molar-refractivity contribution in [2.75, 3.05) is 11.9 Å². The van der Waals surface area contributed by atoms with Crippen molar-refractivity contribution in [1.29, 1.82) is 0 Å². The van der Waals surface area contributed by atoms with E-state index in [1.54, 1.807) is 0 Å². The zero-order chi connectivity index (χ0) is 10.4. The fourth-order valence-corrected chi connectivity index (χ4v) is 1.80. The third-order valence-corrected chi connectivity index (χ3v) is 2.48. The SMILES string of the molecule is CCCC(=O)Nc1nc(CCN)cs1. The zero-order valence-corrected chi connectivity index (χ0v) is 9.06. The molecule has 1 rings (SSSR count). The van der Waals surface area contributed by atoms with Crippen LogP contribution in [0.25, 0.3) is 0 Å². The average Bonchev–Trinajstić information content (AvgIpc) is 2.53. The summed E-state index contributed by atoms with van der Waals surface area (Å²) in [6.45, 7) is 2.56. The van der Waals surface area contributed by atoms with Gasteiger partial charge in [-0.3, -0.25) is 4.79 Å². The van der Waals surface area contributed by atoms with Crippen LogP contribution >= 0.6 is 11.3 Å². The number of rotatable bonds is 5. The molecule has 14 heavy (non-hydrogen) atoms. The predicted octanol–water partition coefficient (Wildman–Crippen LogP) is 1.38. The van der Waals surface area contributed by atoms with Crippen LogP contribution in [-0.4, -0.2) is 17.4 Å². The van der Waals surface area contributed by atoms with Gasteiger partial charge in [0.15, 0.2) is 5.13 Å². The third-order valence-electron chi connectivity index (χ3n) is 1.68. The molecule has 0 spiro atoms. The first-order valence-electron chi connectivity index (χ1n) is 4.70. The molecule has 0 bridgehead atoms. The lowest BCUT2D eigenvalue weighted by Crippen LogP contribution is -2.10. The van der Waals surface area contributed by atoms with Crippen molar-refractivity contribution in [1.82, 2.24) is 4.98 Å². The van der Waals surface area contributed by atoms with Gasteiger partial charge in [0.05, 0.1) is 5.69 Å². The van der Waals surface area contributed by atoms with Crippen molar-refractivity contribution in [2.45, 2.75) is 26.2 Å². The lowest BCUT2D eigenvalue weighted by atomic mass is 10.3. The quantitative estimate of drug-likeness (QED) is 0.776. The Morgan fingerprint density at radius 3 is 3.14 bits per heavy atom. The van der Waals surface area contributed by atoms with E-state index < -0.39 is 0 Å². The average molecular weight is 213 g/mol. The van der Waals surface area contributed by atoms with E-state index in [0.29, 0.717) is 18.1 Å². The largest absolute Gasteiger partial charge is 0.330 e. The van der Waals surface area contributed by atoms with E-state index in [4.69, 9.17) is 5.73 Å². The number of hydrogen-bond acceptors (Lipinski definition) is 4. The minimum Gasteiger partial charge on any atom is -0.330 e. The van der Waals surface area contributed by atoms with Crippen molar-refractivity contribution in [3.8, 4) is 0 Å². The van der Waals surface area contributed by atoms with Crippen LogP contribution in [-0.2, 0) is 11.2 Å². The number of nitrogens with two attached hydrogens (primary N) is 1. The van der Waals surface area contributed by atoms with Gasteiger partial charge in [0.2, 0.25) is 5.91 Å². The summed E-state index contributed by atoms with van der Waals surface area (Å²) in [5.41, 5.74) is 6.34. The summed E-state index contributed by atoms with van der Waals surface area (Å²) in [5, 5.41) is 5.35. The van der Waals surface area contributed by atoms with Crippen molar-refractivity contribution in [3.63, 3.8) is 0 Å². The lowest BCUT2D eigenvalue weighted by Gasteiger charge is -1.98. The van der Waals surface area contributed by atoms with E-state index >= 15 is 0 Å². The molecule has 1 heterocycles. The van der Waals surface area contributed by atoms with E-state index in [9.17, 15) is 4.79 Å². The van der Waals surface area contributed by atoms with Crippen LogP contribution in [0.5, 0.6) is 0 Å². The maximum Gasteiger partial charge on any atom is 0.226 e. The molecule has 1 amide bonds. The van der Waals surface area contributed by atoms with Crippen molar-refractivity contribution >= 4 is 22.4 Å². The minimum atomic E-state index is 0.0288. The van der Waals surface area contributed by atoms with Crippen LogP contribution in [0.3, 0.4) is 0 Å². The number of anilines is 1. The normalized spacial score (nSPS) is 10.1. The molecule has 1 aromatic heterocycles. The summed E-state index contributed by atoms with van der Waals surface area (Å²) in [4.78, 5) is 15.4. The van der Waals surface area contributed by atoms with E-state index in [1.807, 2.05) is 12.3 Å². The summed E-state index contributed by atoms with van der Waals surface area (Å²) in [6, 6.07) is 0. The number of thiazole rings is 1. The molecule has 3 N–H and O–H groups in total. The fraction of sp³-hybridized carbons (Fsp3) is 0.556. The first-order valence-corrected chi connectivity index (χ1v) is 5.58. The summed E-state index contributed by atoms with van der Waals surface area (Å²) < 4.78 is 0. The Morgan fingerprint density at radius 1 is 1.71 bits per heavy atom. The molecule has 0 aliphatic heterocycles. The first-order chi connectivity index (χ1) is 6.76. The Kier molecular flexibility index (Phi) is 4.55. The molecule has 0 unspecified atom stereocenters. The van der Waals surface area contributed by atoms with Gasteiger partial charge in [0, 0.05) is 18.2 Å². The standard InChI is InChI=1S/C9H15N3OS/c1-2-3-8(13)12-9-11-7(4-5-10)6-14-9/h6H,2-5,10H2,1H3,(H,11,12,13). The molecular weight excluding hydrogens is 198 g/mol. The minimum absolute atomic E-state index is 0.0288. The number of nitrogens with one attached hydrogen (secondary N) is 1. The van der Waals surface area contributed by atoms with E-state index in [1.165, 1.54) is 11.3 Å². The number of hydrogen-bond donors (Lipinski definition) is 2. The van der Waals surface area contributed by atoms with Gasteiger partial charge in [-0.05, 0) is 13.0 Å². The number of carbonyl (C=O) groups is 1. The number of carbonyl (C=O) groups excluding carboxylic acids is 1. The van der Waals surface area contributed by atoms with Gasteiger partial charge in [-0.15, -0.1) is 11.3 Å². The monoisotopic (exact) mass is 213 g/mol. The van der Waals surface area contributed by atoms with Crippen LogP contribution in [0.15, 0.2) is 5.38 Å². The fourth-order valence-electron chi connectivity index (χ4n) is 1.04. The van der Waals surface area contributed by atoms with Crippen molar-refractivity contribution in [3.05, 3.63) is 11.1 Å². The Hall–Kier alpha value is -0.940. The smallest absolute Gasteiger partial charge is 0.226 e. The van der Waals surface area contributed by atoms with Crippen LogP contribution in [0, 0.1) is 0 Å². The van der Waals surface area contributed by atoms with Gasteiger partial charge in [-0.1, -0.05) is 6.92 Å². The van der Waals surface area contributed by atoms with Gasteiger partial charge in [0.25, 0.3) is 0 Å². The molecule has 0 saturated heterocycles. The second-order valence-corrected chi connectivity index (χ2v) is 3.84. The number of aromatic nitrogens is 1. The van der Waals surface area contributed by atoms with Gasteiger partial charge in [-0.2, -0.15) is 0 Å². The molecule has 1 aromatic rings. The molecule has 0 aliphatic carbocycles. The van der Waals surface area contributed by atoms with Gasteiger partial charge in [-0.25, -0.2) is 4.98 Å². The maximum atomic E-state index is 11.2. The lowest BCUT2D eigenvalue weighted by molar-refractivity contribution is -0.116. The van der Waals surface area contributed by atoms with Gasteiger partial charge in [0.1, 0.15) is 0 Å². The van der Waals surface area contributed by atoms with Crippen LogP contribution in [0.4, 0.5) is 5.13 Å². The summed E-state index contributed by atoms with van der Waals surface area (Å²) in [7, 11) is 0. The Bertz CT molecular complexity index is 298. The predicted molar refractivity (Wildman–Crippen MR) is 58.4 cm³/mol. The van der Waals surface area contributed by atoms with E-state index in [0.717, 1.165) is 18.5 Å². The topological polar surface area (TPSA) is 68.0 Å². The third kappa shape index (κ3) is 3.43. The van der Waals surface area contributed by atoms with Gasteiger partial charge < -0.3 is 11.1 Å². The number of nitrogens with zero attached hydrogens (tertiary/aromatic N) is 1. The molecule has 78 valence electrons. The number of amides is 1. The molecule has 0 aromatic carbocycles. The highest BCUT2D eigenvalue weighted by molar-refractivity contribution is 7.13. The van der Waals surface area contributed by atoms with Crippen LogP contribution in [0.1, 0.15) is 25.5 Å². The van der Waals surface area contributed by atoms with Crippen molar-refractivity contribution in [2.24, 2.45) is 5.73 Å². The Labute approximate surface area is 87.5 Å². The first kappa shape index (κ1) is 11.1. The summed E-state index contributed by atoms with van der Waals surface area (Å²) in [6.07, 6.45) is 2.17. The molecule has 0 aliphatic rings. The van der Waals surface area contributed by atoms with E-state index in [2.05, 4.69) is 10.3 Å². The second kappa shape index (κ2) is 5.72. The highest BCUT2D eigenvalue weighted by Gasteiger charge is 2.04. The van der Waals surface area contributed by atoms with Gasteiger partial charge >= 0.3 is 0 Å². The van der Waals surface area contributed by atoms with Crippen LogP contribution < -0.4 is 11.1 Å². The maximum absolute atomic E-state index is 11.2. The summed E-state index contributed by atoms with van der Waals surface area (Å²) in [5.74, 6) is 0.0288.